The van der Waals surface area contributed by atoms with Gasteiger partial charge in [-0.2, -0.15) is 0 Å². The number of hydrogen-bond acceptors (Lipinski definition) is 1. The van der Waals surface area contributed by atoms with Gasteiger partial charge in [-0.15, -0.1) is 0 Å². The van der Waals surface area contributed by atoms with E-state index in [9.17, 15) is 0 Å². The Bertz CT molecular complexity index is 414. The molecule has 0 aliphatic carbocycles. The summed E-state index contributed by atoms with van der Waals surface area (Å²) in [5, 5.41) is 0. The van der Waals surface area contributed by atoms with E-state index in [0.29, 0.717) is 6.42 Å². The summed E-state index contributed by atoms with van der Waals surface area (Å²) < 4.78 is 6.41. The van der Waals surface area contributed by atoms with Crippen molar-refractivity contribution in [1.29, 1.82) is 0 Å². The number of benzene rings is 1. The molecule has 0 saturated carbocycles. The van der Waals surface area contributed by atoms with E-state index in [1.54, 1.807) is 6.26 Å². The molecular formula is C12H10BrO. The maximum atomic E-state index is 5.32. The van der Waals surface area contributed by atoms with Crippen molar-refractivity contribution in [2.75, 3.05) is 0 Å². The molecule has 0 bridgehead atoms. The van der Waals surface area contributed by atoms with Gasteiger partial charge in [-0.1, -0.05) is 28.1 Å². The normalized spacial score (nSPS) is 10.4. The molecule has 1 heterocycles. The Morgan fingerprint density at radius 2 is 1.86 bits per heavy atom. The lowest BCUT2D eigenvalue weighted by molar-refractivity contribution is 0.523. The Morgan fingerprint density at radius 3 is 2.43 bits per heavy atom. The second kappa shape index (κ2) is 4.01. The molecule has 0 amide bonds. The fourth-order valence-corrected chi connectivity index (χ4v) is 1.57. The highest BCUT2D eigenvalue weighted by Crippen LogP contribution is 2.23. The number of furan rings is 1. The van der Waals surface area contributed by atoms with Gasteiger partial charge in [-0.25, -0.2) is 0 Å². The van der Waals surface area contributed by atoms with Crippen molar-refractivity contribution < 1.29 is 4.42 Å². The minimum Gasteiger partial charge on any atom is -0.469 e. The summed E-state index contributed by atoms with van der Waals surface area (Å²) in [7, 11) is 0. The quantitative estimate of drug-likeness (QED) is 0.782. The van der Waals surface area contributed by atoms with E-state index in [4.69, 9.17) is 4.42 Å². The van der Waals surface area contributed by atoms with Crippen LogP contribution in [0, 0.1) is 6.92 Å². The maximum absolute atomic E-state index is 5.32. The third-order valence-electron chi connectivity index (χ3n) is 2.08. The molecule has 2 heteroatoms. The van der Waals surface area contributed by atoms with Crippen molar-refractivity contribution in [3.63, 3.8) is 0 Å². The number of halogens is 1. The van der Waals surface area contributed by atoms with E-state index in [1.807, 2.05) is 18.2 Å². The predicted octanol–water partition coefficient (Wildman–Crippen LogP) is 4.09. The number of hydrogen-bond donors (Lipinski definition) is 0. The first-order valence-corrected chi connectivity index (χ1v) is 5.21. The zero-order valence-corrected chi connectivity index (χ0v) is 9.25. The molecule has 71 valence electrons. The molecule has 0 aliphatic heterocycles. The SMILES string of the molecule is [CH2]Cc1cc(-c2ccc(Br)cc2)co1. The van der Waals surface area contributed by atoms with Gasteiger partial charge in [0, 0.05) is 16.5 Å². The van der Waals surface area contributed by atoms with E-state index in [1.165, 1.54) is 0 Å². The van der Waals surface area contributed by atoms with Crippen LogP contribution in [0.3, 0.4) is 0 Å². The first-order valence-electron chi connectivity index (χ1n) is 4.42. The summed E-state index contributed by atoms with van der Waals surface area (Å²) in [5.74, 6) is 0.919. The monoisotopic (exact) mass is 249 g/mol. The second-order valence-corrected chi connectivity index (χ2v) is 3.97. The molecule has 0 N–H and O–H groups in total. The van der Waals surface area contributed by atoms with Gasteiger partial charge in [-0.3, -0.25) is 0 Å². The summed E-state index contributed by atoms with van der Waals surface area (Å²) >= 11 is 3.40. The van der Waals surface area contributed by atoms with Gasteiger partial charge in [0.15, 0.2) is 0 Å². The fourth-order valence-electron chi connectivity index (χ4n) is 1.31. The van der Waals surface area contributed by atoms with Crippen LogP contribution in [-0.4, -0.2) is 0 Å². The van der Waals surface area contributed by atoms with Crippen LogP contribution in [0.2, 0.25) is 0 Å². The third kappa shape index (κ3) is 1.90. The minimum atomic E-state index is 0.691. The van der Waals surface area contributed by atoms with Crippen LogP contribution in [0.4, 0.5) is 0 Å². The molecular weight excluding hydrogens is 240 g/mol. The Balaban J connectivity index is 2.34. The van der Waals surface area contributed by atoms with Crippen LogP contribution in [-0.2, 0) is 6.42 Å². The average Bonchev–Trinajstić information content (AvgIpc) is 2.67. The lowest BCUT2D eigenvalue weighted by Crippen LogP contribution is -1.73. The molecule has 0 aliphatic rings. The molecule has 0 fully saturated rings. The summed E-state index contributed by atoms with van der Waals surface area (Å²) in [4.78, 5) is 0. The molecule has 1 aromatic heterocycles. The van der Waals surface area contributed by atoms with Crippen molar-refractivity contribution >= 4 is 15.9 Å². The molecule has 1 nitrogen and oxygen atoms in total. The zero-order valence-electron chi connectivity index (χ0n) is 7.66. The maximum Gasteiger partial charge on any atom is 0.104 e. The molecule has 1 aromatic carbocycles. The van der Waals surface area contributed by atoms with Crippen molar-refractivity contribution in [2.24, 2.45) is 0 Å². The highest BCUT2D eigenvalue weighted by Gasteiger charge is 2.01. The highest BCUT2D eigenvalue weighted by molar-refractivity contribution is 9.10. The summed E-state index contributed by atoms with van der Waals surface area (Å²) in [6.07, 6.45) is 2.46. The van der Waals surface area contributed by atoms with Crippen molar-refractivity contribution in [1.82, 2.24) is 0 Å². The Kier molecular flexibility index (Phi) is 2.73. The van der Waals surface area contributed by atoms with E-state index >= 15 is 0 Å². The Morgan fingerprint density at radius 1 is 1.14 bits per heavy atom. The summed E-state index contributed by atoms with van der Waals surface area (Å²) in [5.41, 5.74) is 2.27. The summed E-state index contributed by atoms with van der Waals surface area (Å²) in [6.45, 7) is 3.78. The van der Waals surface area contributed by atoms with Crippen LogP contribution < -0.4 is 0 Å². The lowest BCUT2D eigenvalue weighted by Gasteiger charge is -1.95. The van der Waals surface area contributed by atoms with Crippen molar-refractivity contribution in [2.45, 2.75) is 6.42 Å². The Labute approximate surface area is 91.9 Å². The highest BCUT2D eigenvalue weighted by atomic mass is 79.9. The van der Waals surface area contributed by atoms with Crippen LogP contribution in [0.15, 0.2) is 45.5 Å². The second-order valence-electron chi connectivity index (χ2n) is 3.06. The van der Waals surface area contributed by atoms with E-state index < -0.39 is 0 Å². The fraction of sp³-hybridized carbons (Fsp3) is 0.0833. The van der Waals surface area contributed by atoms with Crippen LogP contribution in [0.5, 0.6) is 0 Å². The third-order valence-corrected chi connectivity index (χ3v) is 2.61. The average molecular weight is 250 g/mol. The first-order chi connectivity index (χ1) is 6.79. The Hall–Kier alpha value is -1.02. The molecule has 2 rings (SSSR count). The van der Waals surface area contributed by atoms with E-state index in [-0.39, 0.29) is 0 Å². The molecule has 14 heavy (non-hydrogen) atoms. The molecule has 1 radical (unpaired) electrons. The van der Waals surface area contributed by atoms with Gasteiger partial charge in [0.25, 0.3) is 0 Å². The van der Waals surface area contributed by atoms with Crippen LogP contribution in [0.25, 0.3) is 11.1 Å². The molecule has 0 saturated heterocycles. The lowest BCUT2D eigenvalue weighted by atomic mass is 10.1. The molecule has 0 atom stereocenters. The van der Waals surface area contributed by atoms with E-state index in [0.717, 1.165) is 21.4 Å². The van der Waals surface area contributed by atoms with Gasteiger partial charge in [0.05, 0.1) is 6.26 Å². The van der Waals surface area contributed by atoms with E-state index in [2.05, 4.69) is 35.0 Å². The van der Waals surface area contributed by atoms with Gasteiger partial charge < -0.3 is 4.42 Å². The topological polar surface area (TPSA) is 13.1 Å². The standard InChI is InChI=1S/C12H10BrO/c1-2-12-7-10(8-14-12)9-3-5-11(13)6-4-9/h3-8H,1-2H2. The smallest absolute Gasteiger partial charge is 0.104 e. The zero-order chi connectivity index (χ0) is 9.97. The minimum absolute atomic E-state index is 0.691. The summed E-state index contributed by atoms with van der Waals surface area (Å²) in [6, 6.07) is 10.2. The van der Waals surface area contributed by atoms with Gasteiger partial charge in [-0.05, 0) is 30.7 Å². The van der Waals surface area contributed by atoms with Crippen molar-refractivity contribution in [3.05, 3.63) is 53.8 Å². The number of rotatable bonds is 2. The van der Waals surface area contributed by atoms with Crippen LogP contribution >= 0.6 is 15.9 Å². The van der Waals surface area contributed by atoms with Gasteiger partial charge >= 0.3 is 0 Å². The predicted molar refractivity (Wildman–Crippen MR) is 60.9 cm³/mol. The molecule has 0 unspecified atom stereocenters. The van der Waals surface area contributed by atoms with Crippen LogP contribution in [0.1, 0.15) is 5.76 Å². The largest absolute Gasteiger partial charge is 0.469 e. The van der Waals surface area contributed by atoms with Gasteiger partial charge in [0.2, 0.25) is 0 Å². The first kappa shape index (κ1) is 9.53. The molecule has 0 spiro atoms. The van der Waals surface area contributed by atoms with Crippen molar-refractivity contribution in [3.8, 4) is 11.1 Å². The van der Waals surface area contributed by atoms with Gasteiger partial charge in [0.1, 0.15) is 5.76 Å². The molecule has 2 aromatic rings.